The number of ether oxygens (including phenoxy) is 6. The van der Waals surface area contributed by atoms with Gasteiger partial charge in [0.25, 0.3) is 5.91 Å². The fourth-order valence-electron chi connectivity index (χ4n) is 10.9. The number of carboxylic acid groups (broad SMARTS) is 1. The second kappa shape index (κ2) is 22.2. The number of esters is 5. The SMILES string of the molecule is CC(=O)O[C@H]1C(=O)[C@@]2(C)[C@H]([C@H](OC(=O)c3ccccc3)[C@]3(O)C[C@H](OC(=O)[C@H](OC(=O)CCSSCCC(=O)O)[C@@H](NC(=O)c4ccccc4)c4ccccc4)C(C)=C1C3(C)C)[C@]1(OC(C)=O)CO[C@@H]1C[C@@H]2O. The largest absolute Gasteiger partial charge is 0.481 e. The average molecular weight is 1050 g/mol. The lowest BCUT2D eigenvalue weighted by molar-refractivity contribution is -0.346. The fraction of sp³-hybridized carbons (Fsp3) is 0.472. The topological polar surface area (TPSA) is 265 Å². The number of benzene rings is 3. The molecular weight excluding hydrogens is 987 g/mol. The molecule has 3 aromatic rings. The Morgan fingerprint density at radius 1 is 0.808 bits per heavy atom. The van der Waals surface area contributed by atoms with Crippen LogP contribution in [0.1, 0.15) is 99.5 Å². The zero-order valence-corrected chi connectivity index (χ0v) is 42.7. The minimum atomic E-state index is -2.48. The van der Waals surface area contributed by atoms with Gasteiger partial charge in [0, 0.05) is 49.2 Å². The summed E-state index contributed by atoms with van der Waals surface area (Å²) >= 11 is 0. The van der Waals surface area contributed by atoms with Crippen LogP contribution in [0.4, 0.5) is 0 Å². The van der Waals surface area contributed by atoms with Crippen molar-refractivity contribution in [3.05, 3.63) is 119 Å². The monoisotopic (exact) mass is 1050 g/mol. The molecule has 3 aromatic carbocycles. The van der Waals surface area contributed by atoms with Crippen LogP contribution >= 0.6 is 21.6 Å². The number of nitrogens with one attached hydrogen (secondary N) is 1. The predicted molar refractivity (Wildman–Crippen MR) is 263 cm³/mol. The van der Waals surface area contributed by atoms with Crippen molar-refractivity contribution in [3.63, 3.8) is 0 Å². The normalized spacial score (nSPS) is 28.7. The molecule has 3 fully saturated rings. The maximum atomic E-state index is 15.7. The van der Waals surface area contributed by atoms with E-state index in [2.05, 4.69) is 5.32 Å². The van der Waals surface area contributed by atoms with Gasteiger partial charge in [-0.2, -0.15) is 0 Å². The number of amides is 1. The number of carbonyl (C=O) groups excluding carboxylic acids is 7. The first-order valence-electron chi connectivity index (χ1n) is 23.7. The number of ketones is 1. The average Bonchev–Trinajstić information content (AvgIpc) is 3.34. The van der Waals surface area contributed by atoms with Crippen molar-refractivity contribution in [2.24, 2.45) is 16.7 Å². The van der Waals surface area contributed by atoms with Gasteiger partial charge in [0.1, 0.15) is 30.0 Å². The molecule has 4 aliphatic rings. The Labute approximate surface area is 429 Å². The summed E-state index contributed by atoms with van der Waals surface area (Å²) in [6, 6.07) is 22.6. The third kappa shape index (κ3) is 10.8. The van der Waals surface area contributed by atoms with Crippen molar-refractivity contribution in [2.45, 2.75) is 121 Å². The standard InChI is InChI=1S/C53H59NO17S2/c1-29-35(68-49(64)43(69-39(60)23-25-73-72-24-22-38(58)59)41(32-16-10-7-11-17-32)54-47(62)33-18-12-8-13-19-33)27-53(65)46(70-48(63)34-20-14-9-15-21-34)44-51(6,36(57)26-37-52(44,28-66-37)71-31(3)56)45(61)42(67-30(2)55)40(29)50(53,4)5/h7-21,35-37,41-44,46,57,65H,22-28H2,1-6H3,(H,54,62)(H,58,59)/t35-,36-,37+,41-,42+,43+,44-,46-,51+,52-,53+/m0/s1. The molecule has 3 aliphatic carbocycles. The predicted octanol–water partition coefficient (Wildman–Crippen LogP) is 5.53. The van der Waals surface area contributed by atoms with Gasteiger partial charge in [0.05, 0.1) is 42.4 Å². The Bertz CT molecular complexity index is 2630. The summed E-state index contributed by atoms with van der Waals surface area (Å²) in [5.74, 6) is -8.55. The van der Waals surface area contributed by atoms with Crippen LogP contribution in [0.3, 0.4) is 0 Å². The van der Waals surface area contributed by atoms with E-state index in [4.69, 9.17) is 33.5 Å². The first-order valence-corrected chi connectivity index (χ1v) is 26.2. The quantitative estimate of drug-likeness (QED) is 0.0401. The van der Waals surface area contributed by atoms with Crippen molar-refractivity contribution in [3.8, 4) is 0 Å². The molecular formula is C53H59NO17S2. The smallest absolute Gasteiger partial charge is 0.350 e. The first-order chi connectivity index (χ1) is 34.6. The molecule has 7 rings (SSSR count). The number of aliphatic hydroxyl groups excluding tert-OH is 1. The van der Waals surface area contributed by atoms with Crippen molar-refractivity contribution in [1.29, 1.82) is 0 Å². The number of fused-ring (bicyclic) bond motifs is 5. The van der Waals surface area contributed by atoms with Crippen LogP contribution in [0.15, 0.2) is 102 Å². The van der Waals surface area contributed by atoms with E-state index in [0.717, 1.165) is 13.8 Å². The van der Waals surface area contributed by atoms with Crippen LogP contribution in [-0.4, -0.2) is 129 Å². The summed E-state index contributed by atoms with van der Waals surface area (Å²) in [5, 5.41) is 38.0. The van der Waals surface area contributed by atoms with Gasteiger partial charge in [0.15, 0.2) is 17.5 Å². The number of Topliss-reactive ketones (excluding diaryl/α,β-unsaturated/α-hetero) is 1. The fourth-order valence-corrected chi connectivity index (χ4v) is 12.8. The van der Waals surface area contributed by atoms with E-state index in [0.29, 0.717) is 5.56 Å². The molecule has 1 aliphatic heterocycles. The van der Waals surface area contributed by atoms with Gasteiger partial charge in [-0.25, -0.2) is 9.59 Å². The zero-order valence-electron chi connectivity index (χ0n) is 41.1. The number of hydrogen-bond acceptors (Lipinski definition) is 18. The van der Waals surface area contributed by atoms with E-state index >= 15 is 9.59 Å². The Morgan fingerprint density at radius 3 is 1.96 bits per heavy atom. The molecule has 1 heterocycles. The first kappa shape index (κ1) is 54.7. The van der Waals surface area contributed by atoms with Crippen LogP contribution < -0.4 is 5.32 Å². The highest BCUT2D eigenvalue weighted by Gasteiger charge is 2.78. The molecule has 18 nitrogen and oxygen atoms in total. The maximum Gasteiger partial charge on any atom is 0.350 e. The van der Waals surface area contributed by atoms with Crippen molar-refractivity contribution < 1.29 is 82.1 Å². The van der Waals surface area contributed by atoms with E-state index in [-0.39, 0.29) is 59.6 Å². The molecule has 2 saturated carbocycles. The van der Waals surface area contributed by atoms with E-state index in [9.17, 15) is 39.0 Å². The molecule has 0 radical (unpaired) electrons. The van der Waals surface area contributed by atoms with E-state index in [1.165, 1.54) is 47.6 Å². The molecule has 73 heavy (non-hydrogen) atoms. The van der Waals surface area contributed by atoms with E-state index in [1.54, 1.807) is 92.7 Å². The summed E-state index contributed by atoms with van der Waals surface area (Å²) in [4.78, 5) is 111. The zero-order chi connectivity index (χ0) is 53.0. The van der Waals surface area contributed by atoms with Crippen LogP contribution in [0, 0.1) is 16.7 Å². The van der Waals surface area contributed by atoms with Gasteiger partial charge >= 0.3 is 35.8 Å². The van der Waals surface area contributed by atoms with Gasteiger partial charge < -0.3 is 49.1 Å². The minimum Gasteiger partial charge on any atom is -0.481 e. The van der Waals surface area contributed by atoms with Crippen molar-refractivity contribution in [2.75, 3.05) is 18.1 Å². The Hall–Kier alpha value is -6.06. The molecule has 2 bridgehead atoms. The van der Waals surface area contributed by atoms with Crippen molar-refractivity contribution in [1.82, 2.24) is 5.32 Å². The lowest BCUT2D eigenvalue weighted by Crippen LogP contribution is -2.82. The summed E-state index contributed by atoms with van der Waals surface area (Å²) in [7, 11) is 2.45. The molecule has 1 amide bonds. The summed E-state index contributed by atoms with van der Waals surface area (Å²) in [6.45, 7) is 7.82. The number of carboxylic acids is 1. The summed E-state index contributed by atoms with van der Waals surface area (Å²) in [6.07, 6.45) is -11.2. The molecule has 0 aromatic heterocycles. The second-order valence-corrected chi connectivity index (χ2v) is 22.1. The molecule has 20 heteroatoms. The van der Waals surface area contributed by atoms with Crippen LogP contribution in [0.2, 0.25) is 0 Å². The van der Waals surface area contributed by atoms with E-state index in [1.807, 2.05) is 0 Å². The third-order valence-corrected chi connectivity index (χ3v) is 17.0. The number of aliphatic carboxylic acids is 1. The summed E-state index contributed by atoms with van der Waals surface area (Å²) in [5.41, 5.74) is -7.53. The molecule has 1 saturated heterocycles. The van der Waals surface area contributed by atoms with Gasteiger partial charge in [0.2, 0.25) is 6.10 Å². The third-order valence-electron chi connectivity index (χ3n) is 14.6. The highest BCUT2D eigenvalue weighted by atomic mass is 33.1. The van der Waals surface area contributed by atoms with Gasteiger partial charge in [-0.1, -0.05) is 102 Å². The highest BCUT2D eigenvalue weighted by Crippen LogP contribution is 2.64. The molecule has 11 atom stereocenters. The number of carbonyl (C=O) groups is 8. The lowest BCUT2D eigenvalue weighted by Gasteiger charge is -2.67. The number of aliphatic hydroxyl groups is 2. The van der Waals surface area contributed by atoms with Crippen LogP contribution in [0.5, 0.6) is 0 Å². The Kier molecular flexibility index (Phi) is 16.6. The highest BCUT2D eigenvalue weighted by molar-refractivity contribution is 8.76. The molecule has 0 unspecified atom stereocenters. The second-order valence-electron chi connectivity index (χ2n) is 19.4. The Morgan fingerprint density at radius 2 is 1.40 bits per heavy atom. The van der Waals surface area contributed by atoms with Gasteiger partial charge in [-0.05, 0) is 54.8 Å². The van der Waals surface area contributed by atoms with Gasteiger partial charge in [-0.15, -0.1) is 0 Å². The minimum absolute atomic E-state index is 0.0354. The maximum absolute atomic E-state index is 15.7. The van der Waals surface area contributed by atoms with E-state index < -0.39 is 125 Å². The van der Waals surface area contributed by atoms with Crippen LogP contribution in [-0.2, 0) is 57.2 Å². The molecule has 4 N–H and O–H groups in total. The molecule has 0 spiro atoms. The van der Waals surface area contributed by atoms with Crippen molar-refractivity contribution >= 4 is 69.1 Å². The number of hydrogen-bond donors (Lipinski definition) is 4. The van der Waals surface area contributed by atoms with Gasteiger partial charge in [-0.3, -0.25) is 28.8 Å². The summed E-state index contributed by atoms with van der Waals surface area (Å²) < 4.78 is 36.8. The van der Waals surface area contributed by atoms with Crippen LogP contribution in [0.25, 0.3) is 0 Å². The lowest BCUT2D eigenvalue weighted by atomic mass is 9.44. The number of rotatable bonds is 18. The molecule has 390 valence electrons. The Balaban J connectivity index is 1.38.